The molecule has 2 amide bonds. The van der Waals surface area contributed by atoms with Gasteiger partial charge in [0.2, 0.25) is 11.8 Å². The Hall–Kier alpha value is -3.58. The molecule has 7 heteroatoms. The van der Waals surface area contributed by atoms with Crippen molar-refractivity contribution in [3.05, 3.63) is 90.5 Å². The second-order valence-corrected chi connectivity index (χ2v) is 8.71. The fourth-order valence-corrected chi connectivity index (χ4v) is 4.58. The molecule has 6 nitrogen and oxygen atoms in total. The van der Waals surface area contributed by atoms with Gasteiger partial charge in [0.25, 0.3) is 0 Å². The third kappa shape index (κ3) is 6.02. The molecule has 168 valence electrons. The highest BCUT2D eigenvalue weighted by Gasteiger charge is 2.35. The Labute approximate surface area is 197 Å². The van der Waals surface area contributed by atoms with Gasteiger partial charge in [0, 0.05) is 18.7 Å². The molecular weight excluding hydrogens is 434 g/mol. The fraction of sp³-hybridized carbons (Fsp3) is 0.192. The van der Waals surface area contributed by atoms with Gasteiger partial charge in [0.05, 0.1) is 12.8 Å². The topological polar surface area (TPSA) is 71.0 Å². The zero-order valence-corrected chi connectivity index (χ0v) is 19.1. The molecule has 1 aliphatic rings. The van der Waals surface area contributed by atoms with Gasteiger partial charge >= 0.3 is 0 Å². The van der Waals surface area contributed by atoms with E-state index in [0.29, 0.717) is 23.8 Å². The third-order valence-corrected chi connectivity index (χ3v) is 6.43. The predicted molar refractivity (Wildman–Crippen MR) is 133 cm³/mol. The van der Waals surface area contributed by atoms with E-state index in [9.17, 15) is 9.59 Å². The monoisotopic (exact) mass is 459 g/mol. The van der Waals surface area contributed by atoms with Crippen molar-refractivity contribution in [2.45, 2.75) is 18.1 Å². The number of hydrogen-bond acceptors (Lipinski definition) is 5. The van der Waals surface area contributed by atoms with Crippen LogP contribution in [0.4, 0.5) is 11.4 Å². The molecule has 3 aromatic carbocycles. The first-order chi connectivity index (χ1) is 16.1. The summed E-state index contributed by atoms with van der Waals surface area (Å²) >= 11 is 1.33. The molecular formula is C26H25N3O3S. The number of amidine groups is 1. The number of benzene rings is 3. The minimum absolute atomic E-state index is 0.106. The fourth-order valence-electron chi connectivity index (χ4n) is 3.45. The van der Waals surface area contributed by atoms with Gasteiger partial charge in [-0.2, -0.15) is 0 Å². The molecule has 0 aliphatic carbocycles. The summed E-state index contributed by atoms with van der Waals surface area (Å²) < 4.78 is 5.22. The Bertz CT molecular complexity index is 1120. The van der Waals surface area contributed by atoms with E-state index in [2.05, 4.69) is 5.32 Å². The van der Waals surface area contributed by atoms with Gasteiger partial charge in [0.15, 0.2) is 5.17 Å². The van der Waals surface area contributed by atoms with Crippen molar-refractivity contribution in [3.63, 3.8) is 0 Å². The molecule has 33 heavy (non-hydrogen) atoms. The van der Waals surface area contributed by atoms with Crippen LogP contribution in [-0.4, -0.2) is 40.8 Å². The smallest absolute Gasteiger partial charge is 0.238 e. The van der Waals surface area contributed by atoms with Crippen molar-refractivity contribution < 1.29 is 14.3 Å². The Morgan fingerprint density at radius 1 is 1.03 bits per heavy atom. The summed E-state index contributed by atoms with van der Waals surface area (Å²) in [6, 6.07) is 26.5. The summed E-state index contributed by atoms with van der Waals surface area (Å²) in [4.78, 5) is 32.4. The van der Waals surface area contributed by atoms with Gasteiger partial charge in [-0.05, 0) is 48.4 Å². The number of methoxy groups -OCH3 is 1. The molecule has 0 spiro atoms. The summed E-state index contributed by atoms with van der Waals surface area (Å²) in [6.07, 6.45) is 0.796. The Kier molecular flexibility index (Phi) is 7.42. The lowest BCUT2D eigenvalue weighted by Gasteiger charge is -2.32. The van der Waals surface area contributed by atoms with Gasteiger partial charge in [-0.25, -0.2) is 4.99 Å². The lowest BCUT2D eigenvalue weighted by Crippen LogP contribution is -2.46. The standard InChI is InChI=1S/C26H25N3O3S/c1-32-22-14-12-19(13-15-22)16-17-29-24(30)18-23(25(31)27-20-8-4-2-5-9-20)33-26(29)28-21-10-6-3-7-11-21/h2-15,23H,16-18H2,1H3,(H,27,31)/t23-/m0/s1. The van der Waals surface area contributed by atoms with Crippen LogP contribution in [0.15, 0.2) is 89.9 Å². The van der Waals surface area contributed by atoms with Crippen molar-refractivity contribution in [3.8, 4) is 5.75 Å². The van der Waals surface area contributed by atoms with Crippen molar-refractivity contribution in [1.29, 1.82) is 0 Å². The average Bonchev–Trinajstić information content (AvgIpc) is 2.85. The van der Waals surface area contributed by atoms with E-state index in [1.807, 2.05) is 84.9 Å². The molecule has 0 aromatic heterocycles. The van der Waals surface area contributed by atoms with Crippen LogP contribution in [0.25, 0.3) is 0 Å². The van der Waals surface area contributed by atoms with E-state index < -0.39 is 5.25 Å². The minimum atomic E-state index is -0.544. The number of rotatable bonds is 7. The SMILES string of the molecule is COc1ccc(CCN2C(=O)C[C@@H](C(=O)Nc3ccccc3)SC2=Nc2ccccc2)cc1. The van der Waals surface area contributed by atoms with Crippen molar-refractivity contribution >= 4 is 40.1 Å². The normalized spacial score (nSPS) is 17.1. The van der Waals surface area contributed by atoms with E-state index in [0.717, 1.165) is 17.0 Å². The quantitative estimate of drug-likeness (QED) is 0.546. The number of aliphatic imine (C=N–C) groups is 1. The number of carbonyl (C=O) groups excluding carboxylic acids is 2. The van der Waals surface area contributed by atoms with Crippen molar-refractivity contribution in [2.75, 3.05) is 19.0 Å². The average molecular weight is 460 g/mol. The maximum atomic E-state index is 13.1. The lowest BCUT2D eigenvalue weighted by molar-refractivity contribution is -0.129. The molecule has 0 saturated carbocycles. The highest BCUT2D eigenvalue weighted by Crippen LogP contribution is 2.30. The Balaban J connectivity index is 1.52. The van der Waals surface area contributed by atoms with Crippen LogP contribution in [0.5, 0.6) is 5.75 Å². The maximum absolute atomic E-state index is 13.1. The van der Waals surface area contributed by atoms with E-state index in [-0.39, 0.29) is 18.2 Å². The summed E-state index contributed by atoms with van der Waals surface area (Å²) in [5.74, 6) is 0.488. The number of anilines is 1. The molecule has 1 atom stereocenters. The van der Waals surface area contributed by atoms with Crippen molar-refractivity contribution in [1.82, 2.24) is 4.90 Å². The molecule has 0 radical (unpaired) electrons. The number of para-hydroxylation sites is 2. The molecule has 0 unspecified atom stereocenters. The highest BCUT2D eigenvalue weighted by molar-refractivity contribution is 8.15. The first kappa shape index (κ1) is 22.6. The van der Waals surface area contributed by atoms with Crippen LogP contribution in [0.1, 0.15) is 12.0 Å². The van der Waals surface area contributed by atoms with Crippen molar-refractivity contribution in [2.24, 2.45) is 4.99 Å². The molecule has 1 N–H and O–H groups in total. The molecule has 1 saturated heterocycles. The van der Waals surface area contributed by atoms with Crippen LogP contribution in [0.3, 0.4) is 0 Å². The predicted octanol–water partition coefficient (Wildman–Crippen LogP) is 4.90. The highest BCUT2D eigenvalue weighted by atomic mass is 32.2. The van der Waals surface area contributed by atoms with E-state index in [4.69, 9.17) is 9.73 Å². The number of hydrogen-bond donors (Lipinski definition) is 1. The van der Waals surface area contributed by atoms with Crippen LogP contribution in [0.2, 0.25) is 0 Å². The van der Waals surface area contributed by atoms with E-state index in [1.165, 1.54) is 11.8 Å². The Morgan fingerprint density at radius 2 is 1.70 bits per heavy atom. The summed E-state index contributed by atoms with van der Waals surface area (Å²) in [5.41, 5.74) is 2.54. The molecule has 1 heterocycles. The van der Waals surface area contributed by atoms with Crippen LogP contribution in [-0.2, 0) is 16.0 Å². The van der Waals surface area contributed by atoms with Gasteiger partial charge < -0.3 is 10.1 Å². The first-order valence-electron chi connectivity index (χ1n) is 10.7. The molecule has 1 aliphatic heterocycles. The zero-order chi connectivity index (χ0) is 23.0. The van der Waals surface area contributed by atoms with Crippen LogP contribution < -0.4 is 10.1 Å². The lowest BCUT2D eigenvalue weighted by atomic mass is 10.1. The van der Waals surface area contributed by atoms with Gasteiger partial charge in [-0.3, -0.25) is 14.5 Å². The minimum Gasteiger partial charge on any atom is -0.497 e. The number of amides is 2. The summed E-state index contributed by atoms with van der Waals surface area (Å²) in [6.45, 7) is 0.483. The molecule has 4 rings (SSSR count). The molecule has 3 aromatic rings. The maximum Gasteiger partial charge on any atom is 0.238 e. The first-order valence-corrected chi connectivity index (χ1v) is 11.6. The van der Waals surface area contributed by atoms with E-state index in [1.54, 1.807) is 12.0 Å². The van der Waals surface area contributed by atoms with Gasteiger partial charge in [-0.15, -0.1) is 0 Å². The number of ether oxygens (including phenoxy) is 1. The number of thioether (sulfide) groups is 1. The number of nitrogens with one attached hydrogen (secondary N) is 1. The number of carbonyl (C=O) groups is 2. The summed E-state index contributed by atoms with van der Waals surface area (Å²) in [7, 11) is 1.63. The second-order valence-electron chi connectivity index (χ2n) is 7.54. The van der Waals surface area contributed by atoms with Crippen LogP contribution in [0, 0.1) is 0 Å². The van der Waals surface area contributed by atoms with Gasteiger partial charge in [0.1, 0.15) is 11.0 Å². The van der Waals surface area contributed by atoms with Crippen LogP contribution >= 0.6 is 11.8 Å². The molecule has 1 fully saturated rings. The second kappa shape index (κ2) is 10.8. The third-order valence-electron chi connectivity index (χ3n) is 5.24. The van der Waals surface area contributed by atoms with E-state index >= 15 is 0 Å². The number of nitrogens with zero attached hydrogens (tertiary/aromatic N) is 2. The largest absolute Gasteiger partial charge is 0.497 e. The summed E-state index contributed by atoms with van der Waals surface area (Å²) in [5, 5.41) is 2.90. The zero-order valence-electron chi connectivity index (χ0n) is 18.3. The van der Waals surface area contributed by atoms with Gasteiger partial charge in [-0.1, -0.05) is 60.3 Å². The molecule has 0 bridgehead atoms. The Morgan fingerprint density at radius 3 is 2.36 bits per heavy atom.